The zero-order valence-corrected chi connectivity index (χ0v) is 11.3. The van der Waals surface area contributed by atoms with Gasteiger partial charge >= 0.3 is 0 Å². The van der Waals surface area contributed by atoms with Crippen molar-refractivity contribution in [2.75, 3.05) is 0 Å². The number of hydrogen-bond donors (Lipinski definition) is 0. The van der Waals surface area contributed by atoms with Crippen LogP contribution in [0.25, 0.3) is 0 Å². The minimum Gasteiger partial charge on any atom is -0.293 e. The summed E-state index contributed by atoms with van der Waals surface area (Å²) in [6.07, 6.45) is 1.76. The Bertz CT molecular complexity index is 549. The molecule has 0 aliphatic rings. The maximum Gasteiger partial charge on any atom is 0.178 e. The second-order valence-corrected chi connectivity index (χ2v) is 5.20. The van der Waals surface area contributed by atoms with Gasteiger partial charge in [-0.3, -0.25) is 9.78 Å². The normalized spacial score (nSPS) is 10.3. The summed E-state index contributed by atoms with van der Waals surface area (Å²) in [6.45, 7) is 3.65. The standard InChI is InChI=1S/C15H15NOS/c1-11-5-3-4-6-13(11)10-18-14-7-8-15(12(2)17)16-9-14/h3-9H,10H2,1-2H3. The summed E-state index contributed by atoms with van der Waals surface area (Å²) in [5.41, 5.74) is 3.16. The molecular formula is C15H15NOS. The molecule has 2 rings (SSSR count). The van der Waals surface area contributed by atoms with Crippen LogP contribution in [0.3, 0.4) is 0 Å². The number of Topliss-reactive ketones (excluding diaryl/α,β-unsaturated/α-hetero) is 1. The van der Waals surface area contributed by atoms with E-state index in [-0.39, 0.29) is 5.78 Å². The zero-order valence-electron chi connectivity index (χ0n) is 10.5. The Labute approximate surface area is 111 Å². The number of thioether (sulfide) groups is 1. The molecule has 0 spiro atoms. The highest BCUT2D eigenvalue weighted by atomic mass is 32.2. The number of nitrogens with zero attached hydrogens (tertiary/aromatic N) is 1. The van der Waals surface area contributed by atoms with E-state index in [0.29, 0.717) is 5.69 Å². The Hall–Kier alpha value is -1.61. The van der Waals surface area contributed by atoms with Gasteiger partial charge < -0.3 is 0 Å². The fourth-order valence-corrected chi connectivity index (χ4v) is 2.54. The molecule has 0 radical (unpaired) electrons. The van der Waals surface area contributed by atoms with E-state index in [1.807, 2.05) is 12.1 Å². The molecule has 1 aromatic heterocycles. The molecule has 0 amide bonds. The number of aryl methyl sites for hydroxylation is 1. The third-order valence-electron chi connectivity index (χ3n) is 2.75. The van der Waals surface area contributed by atoms with Gasteiger partial charge in [-0.25, -0.2) is 0 Å². The zero-order chi connectivity index (χ0) is 13.0. The minimum absolute atomic E-state index is 0.00505. The van der Waals surface area contributed by atoms with Gasteiger partial charge in [0.15, 0.2) is 5.78 Å². The SMILES string of the molecule is CC(=O)c1ccc(SCc2ccccc2C)cn1. The van der Waals surface area contributed by atoms with Crippen LogP contribution in [0, 0.1) is 6.92 Å². The molecule has 0 fully saturated rings. The molecule has 0 atom stereocenters. The van der Waals surface area contributed by atoms with E-state index >= 15 is 0 Å². The molecule has 0 unspecified atom stereocenters. The summed E-state index contributed by atoms with van der Waals surface area (Å²) >= 11 is 1.73. The van der Waals surface area contributed by atoms with E-state index in [1.54, 1.807) is 24.0 Å². The van der Waals surface area contributed by atoms with Crippen molar-refractivity contribution in [1.29, 1.82) is 0 Å². The largest absolute Gasteiger partial charge is 0.293 e. The van der Waals surface area contributed by atoms with Crippen molar-refractivity contribution < 1.29 is 4.79 Å². The van der Waals surface area contributed by atoms with Crippen LogP contribution in [-0.2, 0) is 5.75 Å². The highest BCUT2D eigenvalue weighted by Crippen LogP contribution is 2.23. The Kier molecular flexibility index (Phi) is 4.15. The molecule has 1 aromatic carbocycles. The van der Waals surface area contributed by atoms with E-state index in [2.05, 4.69) is 30.1 Å². The average molecular weight is 257 g/mol. The van der Waals surface area contributed by atoms with Crippen LogP contribution in [-0.4, -0.2) is 10.8 Å². The molecule has 1 heterocycles. The van der Waals surface area contributed by atoms with Crippen molar-refractivity contribution in [3.05, 3.63) is 59.4 Å². The lowest BCUT2D eigenvalue weighted by Gasteiger charge is -2.05. The average Bonchev–Trinajstić information content (AvgIpc) is 2.38. The van der Waals surface area contributed by atoms with Crippen LogP contribution >= 0.6 is 11.8 Å². The predicted molar refractivity (Wildman–Crippen MR) is 75.0 cm³/mol. The van der Waals surface area contributed by atoms with Crippen LogP contribution < -0.4 is 0 Å². The quantitative estimate of drug-likeness (QED) is 0.615. The van der Waals surface area contributed by atoms with Gasteiger partial charge in [-0.1, -0.05) is 24.3 Å². The molecule has 0 saturated carbocycles. The number of aromatic nitrogens is 1. The number of carbonyl (C=O) groups is 1. The van der Waals surface area contributed by atoms with Crippen molar-refractivity contribution in [3.8, 4) is 0 Å². The third kappa shape index (κ3) is 3.20. The second-order valence-electron chi connectivity index (χ2n) is 4.15. The highest BCUT2D eigenvalue weighted by Gasteiger charge is 2.02. The third-order valence-corrected chi connectivity index (χ3v) is 3.78. The Morgan fingerprint density at radius 3 is 2.61 bits per heavy atom. The van der Waals surface area contributed by atoms with E-state index in [0.717, 1.165) is 10.6 Å². The topological polar surface area (TPSA) is 30.0 Å². The van der Waals surface area contributed by atoms with Crippen LogP contribution in [0.4, 0.5) is 0 Å². The summed E-state index contributed by atoms with van der Waals surface area (Å²) in [5.74, 6) is 0.929. The lowest BCUT2D eigenvalue weighted by Crippen LogP contribution is -1.95. The first-order valence-electron chi connectivity index (χ1n) is 5.81. The van der Waals surface area contributed by atoms with Crippen molar-refractivity contribution in [2.45, 2.75) is 24.5 Å². The molecule has 92 valence electrons. The number of hydrogen-bond acceptors (Lipinski definition) is 3. The van der Waals surface area contributed by atoms with E-state index in [1.165, 1.54) is 18.1 Å². The smallest absolute Gasteiger partial charge is 0.178 e. The van der Waals surface area contributed by atoms with Gasteiger partial charge in [0.25, 0.3) is 0 Å². The number of pyridine rings is 1. The van der Waals surface area contributed by atoms with Crippen molar-refractivity contribution in [2.24, 2.45) is 0 Å². The lowest BCUT2D eigenvalue weighted by molar-refractivity contribution is 0.101. The Balaban J connectivity index is 2.02. The van der Waals surface area contributed by atoms with Crippen LogP contribution in [0.2, 0.25) is 0 Å². The lowest BCUT2D eigenvalue weighted by atomic mass is 10.1. The summed E-state index contributed by atoms with van der Waals surface area (Å²) in [7, 11) is 0. The van der Waals surface area contributed by atoms with Crippen molar-refractivity contribution >= 4 is 17.5 Å². The molecule has 3 heteroatoms. The number of ketones is 1. The number of benzene rings is 1. The first kappa shape index (κ1) is 12.8. The Morgan fingerprint density at radius 1 is 1.22 bits per heavy atom. The predicted octanol–water partition coefficient (Wildman–Crippen LogP) is 3.88. The molecule has 0 saturated heterocycles. The van der Waals surface area contributed by atoms with Gasteiger partial charge in [0.2, 0.25) is 0 Å². The van der Waals surface area contributed by atoms with E-state index in [9.17, 15) is 4.79 Å². The molecule has 0 aliphatic heterocycles. The monoisotopic (exact) mass is 257 g/mol. The first-order valence-corrected chi connectivity index (χ1v) is 6.79. The van der Waals surface area contributed by atoms with Crippen LogP contribution in [0.15, 0.2) is 47.5 Å². The molecule has 0 bridgehead atoms. The summed E-state index contributed by atoms with van der Waals surface area (Å²) in [6, 6.07) is 12.1. The Morgan fingerprint density at radius 2 is 2.00 bits per heavy atom. The molecule has 18 heavy (non-hydrogen) atoms. The maximum absolute atomic E-state index is 11.1. The molecule has 2 aromatic rings. The highest BCUT2D eigenvalue weighted by molar-refractivity contribution is 7.98. The van der Waals surface area contributed by atoms with E-state index < -0.39 is 0 Å². The minimum atomic E-state index is 0.00505. The van der Waals surface area contributed by atoms with Crippen molar-refractivity contribution in [1.82, 2.24) is 4.98 Å². The van der Waals surface area contributed by atoms with Crippen molar-refractivity contribution in [3.63, 3.8) is 0 Å². The molecule has 2 nitrogen and oxygen atoms in total. The van der Waals surface area contributed by atoms with Gasteiger partial charge in [-0.15, -0.1) is 11.8 Å². The van der Waals surface area contributed by atoms with E-state index in [4.69, 9.17) is 0 Å². The van der Waals surface area contributed by atoms with Gasteiger partial charge in [-0.2, -0.15) is 0 Å². The maximum atomic E-state index is 11.1. The summed E-state index contributed by atoms with van der Waals surface area (Å²) < 4.78 is 0. The first-order chi connectivity index (χ1) is 8.66. The molecular weight excluding hydrogens is 242 g/mol. The van der Waals surface area contributed by atoms with Gasteiger partial charge in [-0.05, 0) is 30.2 Å². The van der Waals surface area contributed by atoms with Crippen LogP contribution in [0.5, 0.6) is 0 Å². The second kappa shape index (κ2) is 5.83. The van der Waals surface area contributed by atoms with Gasteiger partial charge in [0.05, 0.1) is 0 Å². The summed E-state index contributed by atoms with van der Waals surface area (Å²) in [5, 5.41) is 0. The van der Waals surface area contributed by atoms with Crippen LogP contribution in [0.1, 0.15) is 28.5 Å². The van der Waals surface area contributed by atoms with Gasteiger partial charge in [0, 0.05) is 23.8 Å². The summed E-state index contributed by atoms with van der Waals surface area (Å²) in [4.78, 5) is 16.3. The number of carbonyl (C=O) groups excluding carboxylic acids is 1. The fourth-order valence-electron chi connectivity index (χ4n) is 1.61. The number of rotatable bonds is 4. The molecule has 0 N–H and O–H groups in total. The molecule has 0 aliphatic carbocycles. The fraction of sp³-hybridized carbons (Fsp3) is 0.200. The van der Waals surface area contributed by atoms with Gasteiger partial charge in [0.1, 0.15) is 5.69 Å².